The van der Waals surface area contributed by atoms with Gasteiger partial charge in [0, 0.05) is 6.54 Å². The van der Waals surface area contributed by atoms with Crippen molar-refractivity contribution >= 4 is 11.9 Å². The second kappa shape index (κ2) is 5.69. The highest BCUT2D eigenvalue weighted by Crippen LogP contribution is 2.24. The van der Waals surface area contributed by atoms with Crippen LogP contribution in [0.4, 0.5) is 0 Å². The second-order valence-corrected chi connectivity index (χ2v) is 5.52. The van der Waals surface area contributed by atoms with Crippen LogP contribution in [0.1, 0.15) is 39.0 Å². The van der Waals surface area contributed by atoms with Gasteiger partial charge in [-0.2, -0.15) is 0 Å². The summed E-state index contributed by atoms with van der Waals surface area (Å²) in [6.45, 7) is 3.49. The topological polar surface area (TPSA) is 69.6 Å². The largest absolute Gasteiger partial charge is 0.480 e. The van der Waals surface area contributed by atoms with Gasteiger partial charge in [-0.05, 0) is 38.1 Å². The first kappa shape index (κ1) is 13.3. The molecule has 3 atom stereocenters. The zero-order valence-corrected chi connectivity index (χ0v) is 10.9. The molecule has 0 saturated carbocycles. The van der Waals surface area contributed by atoms with Crippen molar-refractivity contribution in [2.24, 2.45) is 5.92 Å². The summed E-state index contributed by atoms with van der Waals surface area (Å²) >= 11 is 0. The van der Waals surface area contributed by atoms with Crippen LogP contribution in [0.15, 0.2) is 0 Å². The van der Waals surface area contributed by atoms with Crippen molar-refractivity contribution in [1.29, 1.82) is 0 Å². The van der Waals surface area contributed by atoms with Crippen LogP contribution in [-0.2, 0) is 9.59 Å². The van der Waals surface area contributed by atoms with Crippen molar-refractivity contribution < 1.29 is 14.7 Å². The van der Waals surface area contributed by atoms with Crippen LogP contribution >= 0.6 is 0 Å². The van der Waals surface area contributed by atoms with E-state index < -0.39 is 12.0 Å². The summed E-state index contributed by atoms with van der Waals surface area (Å²) in [5.41, 5.74) is 0. The van der Waals surface area contributed by atoms with Gasteiger partial charge in [-0.1, -0.05) is 13.3 Å². The summed E-state index contributed by atoms with van der Waals surface area (Å²) in [6.07, 6.45) is 4.46. The molecule has 2 rings (SSSR count). The Morgan fingerprint density at radius 1 is 1.28 bits per heavy atom. The molecule has 0 radical (unpaired) electrons. The molecule has 3 unspecified atom stereocenters. The lowest BCUT2D eigenvalue weighted by molar-refractivity contribution is -0.154. The van der Waals surface area contributed by atoms with Gasteiger partial charge in [0.25, 0.3) is 0 Å². The number of hydrogen-bond acceptors (Lipinski definition) is 3. The summed E-state index contributed by atoms with van der Waals surface area (Å²) in [6, 6.07) is -0.806. The fourth-order valence-electron chi connectivity index (χ4n) is 2.90. The molecule has 2 aliphatic rings. The molecule has 0 spiro atoms. The minimum atomic E-state index is -0.870. The maximum absolute atomic E-state index is 12.4. The summed E-state index contributed by atoms with van der Waals surface area (Å²) in [5, 5.41) is 12.5. The first-order valence-electron chi connectivity index (χ1n) is 6.86. The molecule has 0 aliphatic carbocycles. The average molecular weight is 254 g/mol. The fourth-order valence-corrected chi connectivity index (χ4v) is 2.90. The number of rotatable bonds is 2. The van der Waals surface area contributed by atoms with E-state index >= 15 is 0 Å². The van der Waals surface area contributed by atoms with Crippen molar-refractivity contribution in [3.05, 3.63) is 0 Å². The van der Waals surface area contributed by atoms with E-state index in [1.54, 1.807) is 4.90 Å². The maximum atomic E-state index is 12.4. The number of likely N-dealkylation sites (tertiary alicyclic amines) is 1. The number of carbonyl (C=O) groups excluding carboxylic acids is 1. The molecular formula is C13H22N2O3. The molecule has 2 N–H and O–H groups in total. The van der Waals surface area contributed by atoms with Gasteiger partial charge in [-0.25, -0.2) is 4.79 Å². The molecule has 2 aliphatic heterocycles. The number of nitrogens with one attached hydrogen (secondary N) is 1. The predicted molar refractivity (Wildman–Crippen MR) is 67.2 cm³/mol. The van der Waals surface area contributed by atoms with Gasteiger partial charge in [-0.15, -0.1) is 0 Å². The third-order valence-electron chi connectivity index (χ3n) is 4.04. The molecule has 1 amide bonds. The van der Waals surface area contributed by atoms with Gasteiger partial charge >= 0.3 is 5.97 Å². The third-order valence-corrected chi connectivity index (χ3v) is 4.04. The molecule has 5 nitrogen and oxygen atoms in total. The minimum Gasteiger partial charge on any atom is -0.480 e. The molecule has 18 heavy (non-hydrogen) atoms. The monoisotopic (exact) mass is 254 g/mol. The van der Waals surface area contributed by atoms with Crippen LogP contribution in [0.25, 0.3) is 0 Å². The predicted octanol–water partition coefficient (Wildman–Crippen LogP) is 0.840. The van der Waals surface area contributed by atoms with Crippen molar-refractivity contribution in [2.75, 3.05) is 13.1 Å². The van der Waals surface area contributed by atoms with Gasteiger partial charge in [0.1, 0.15) is 6.04 Å². The van der Waals surface area contributed by atoms with Crippen LogP contribution in [0.2, 0.25) is 0 Å². The molecule has 0 aromatic heterocycles. The highest BCUT2D eigenvalue weighted by molar-refractivity contribution is 5.87. The summed E-state index contributed by atoms with van der Waals surface area (Å²) in [5.74, 6) is -0.505. The zero-order chi connectivity index (χ0) is 13.1. The van der Waals surface area contributed by atoms with Gasteiger partial charge in [0.05, 0.1) is 6.04 Å². The highest BCUT2D eigenvalue weighted by atomic mass is 16.4. The zero-order valence-electron chi connectivity index (χ0n) is 10.9. The van der Waals surface area contributed by atoms with E-state index in [9.17, 15) is 14.7 Å². The minimum absolute atomic E-state index is 0.0194. The van der Waals surface area contributed by atoms with E-state index in [2.05, 4.69) is 12.2 Å². The summed E-state index contributed by atoms with van der Waals surface area (Å²) < 4.78 is 0. The molecule has 5 heteroatoms. The number of piperidine rings is 2. The summed E-state index contributed by atoms with van der Waals surface area (Å²) in [4.78, 5) is 25.2. The highest BCUT2D eigenvalue weighted by Gasteiger charge is 2.37. The van der Waals surface area contributed by atoms with E-state index in [0.717, 1.165) is 32.2 Å². The number of carboxylic acids is 1. The first-order valence-corrected chi connectivity index (χ1v) is 6.86. The quantitative estimate of drug-likeness (QED) is 0.766. The molecule has 0 aromatic carbocycles. The number of hydrogen-bond donors (Lipinski definition) is 2. The Morgan fingerprint density at radius 2 is 2.06 bits per heavy atom. The van der Waals surface area contributed by atoms with Crippen LogP contribution in [0.3, 0.4) is 0 Å². The van der Waals surface area contributed by atoms with Gasteiger partial charge in [-0.3, -0.25) is 4.79 Å². The Balaban J connectivity index is 2.04. The number of carboxylic acid groups (broad SMARTS) is 1. The Bertz CT molecular complexity index is 326. The normalized spacial score (nSPS) is 33.2. The van der Waals surface area contributed by atoms with Gasteiger partial charge in [0.15, 0.2) is 0 Å². The molecule has 0 aromatic rings. The summed E-state index contributed by atoms with van der Waals surface area (Å²) in [7, 11) is 0. The van der Waals surface area contributed by atoms with E-state index in [1.165, 1.54) is 0 Å². The van der Waals surface area contributed by atoms with Crippen LogP contribution in [0.5, 0.6) is 0 Å². The van der Waals surface area contributed by atoms with E-state index in [0.29, 0.717) is 18.9 Å². The maximum Gasteiger partial charge on any atom is 0.326 e. The second-order valence-electron chi connectivity index (χ2n) is 5.52. The molecule has 2 heterocycles. The van der Waals surface area contributed by atoms with Crippen molar-refractivity contribution in [3.8, 4) is 0 Å². The number of nitrogens with zero attached hydrogens (tertiary/aromatic N) is 1. The third kappa shape index (κ3) is 2.83. The van der Waals surface area contributed by atoms with E-state index in [-0.39, 0.29) is 11.9 Å². The fraction of sp³-hybridized carbons (Fsp3) is 0.846. The molecule has 2 fully saturated rings. The lowest BCUT2D eigenvalue weighted by Gasteiger charge is -2.38. The van der Waals surface area contributed by atoms with Crippen LogP contribution in [0, 0.1) is 5.92 Å². The van der Waals surface area contributed by atoms with E-state index in [1.807, 2.05) is 0 Å². The molecular weight excluding hydrogens is 232 g/mol. The number of carbonyl (C=O) groups is 2. The first-order chi connectivity index (χ1) is 8.59. The Morgan fingerprint density at radius 3 is 2.67 bits per heavy atom. The molecule has 102 valence electrons. The number of amides is 1. The van der Waals surface area contributed by atoms with Crippen LogP contribution < -0.4 is 5.32 Å². The average Bonchev–Trinajstić information content (AvgIpc) is 2.39. The molecule has 2 saturated heterocycles. The van der Waals surface area contributed by atoms with Gasteiger partial charge < -0.3 is 15.3 Å². The van der Waals surface area contributed by atoms with Crippen molar-refractivity contribution in [1.82, 2.24) is 10.2 Å². The van der Waals surface area contributed by atoms with E-state index in [4.69, 9.17) is 0 Å². The lowest BCUT2D eigenvalue weighted by Crippen LogP contribution is -2.56. The SMILES string of the molecule is CC1CCN(C(=O)C2CCCCN2)C(C(=O)O)C1. The Hall–Kier alpha value is -1.10. The number of aliphatic carboxylic acids is 1. The van der Waals surface area contributed by atoms with Crippen LogP contribution in [-0.4, -0.2) is 47.1 Å². The Labute approximate surface area is 108 Å². The van der Waals surface area contributed by atoms with Crippen molar-refractivity contribution in [2.45, 2.75) is 51.1 Å². The van der Waals surface area contributed by atoms with Crippen molar-refractivity contribution in [3.63, 3.8) is 0 Å². The smallest absolute Gasteiger partial charge is 0.326 e. The van der Waals surface area contributed by atoms with Gasteiger partial charge in [0.2, 0.25) is 5.91 Å². The standard InChI is InChI=1S/C13H22N2O3/c1-9-5-7-15(11(8-9)13(17)18)12(16)10-4-2-3-6-14-10/h9-11,14H,2-8H2,1H3,(H,17,18). The molecule has 0 bridgehead atoms. The lowest BCUT2D eigenvalue weighted by atomic mass is 9.91. The Kier molecular flexibility index (Phi) is 4.22.